The molecule has 0 fully saturated rings. The minimum absolute atomic E-state index is 0.239. The Bertz CT molecular complexity index is 1680. The van der Waals surface area contributed by atoms with Crippen LogP contribution in [0.5, 0.6) is 0 Å². The molecule has 4 heterocycles. The molecule has 0 saturated carbocycles. The van der Waals surface area contributed by atoms with E-state index in [1.54, 1.807) is 35.8 Å². The zero-order valence-electron chi connectivity index (χ0n) is 20.0. The number of thiophene rings is 1. The van der Waals surface area contributed by atoms with Gasteiger partial charge >= 0.3 is 5.97 Å². The summed E-state index contributed by atoms with van der Waals surface area (Å²) < 4.78 is 13.4. The van der Waals surface area contributed by atoms with Crippen molar-refractivity contribution in [3.05, 3.63) is 99.5 Å². The maximum Gasteiger partial charge on any atom is 0.338 e. The molecule has 4 aromatic rings. The number of carbonyl (C=O) groups is 1. The molecule has 0 saturated heterocycles. The molecular formula is C27H22Cl2N2O4S2. The number of hydrogen-bond donors (Lipinski definition) is 0. The summed E-state index contributed by atoms with van der Waals surface area (Å²) in [6, 6.07) is 12.1. The van der Waals surface area contributed by atoms with E-state index in [2.05, 4.69) is 0 Å². The third-order valence-electron chi connectivity index (χ3n) is 5.81. The third kappa shape index (κ3) is 4.99. The average molecular weight is 574 g/mol. The second kappa shape index (κ2) is 10.8. The van der Waals surface area contributed by atoms with Gasteiger partial charge in [-0.05, 0) is 55.1 Å². The molecule has 0 N–H and O–H groups in total. The van der Waals surface area contributed by atoms with Crippen molar-refractivity contribution in [3.8, 4) is 11.3 Å². The maximum absolute atomic E-state index is 13.7. The van der Waals surface area contributed by atoms with E-state index < -0.39 is 12.0 Å². The van der Waals surface area contributed by atoms with Gasteiger partial charge in [0.05, 0.1) is 32.5 Å². The lowest BCUT2D eigenvalue weighted by molar-refractivity contribution is -0.139. The van der Waals surface area contributed by atoms with Crippen LogP contribution >= 0.6 is 45.9 Å². The van der Waals surface area contributed by atoms with Gasteiger partial charge in [-0.1, -0.05) is 53.9 Å². The molecule has 1 aromatic carbocycles. The highest BCUT2D eigenvalue weighted by molar-refractivity contribution is 7.10. The first kappa shape index (κ1) is 25.7. The molecule has 0 aliphatic carbocycles. The number of allylic oxidation sites excluding steroid dienone is 1. The molecule has 0 amide bonds. The molecule has 10 heteroatoms. The van der Waals surface area contributed by atoms with Gasteiger partial charge in [0.25, 0.3) is 5.56 Å². The monoisotopic (exact) mass is 572 g/mol. The highest BCUT2D eigenvalue weighted by atomic mass is 35.5. The van der Waals surface area contributed by atoms with Crippen molar-refractivity contribution in [1.29, 1.82) is 0 Å². The van der Waals surface area contributed by atoms with Crippen LogP contribution in [-0.4, -0.2) is 17.1 Å². The summed E-state index contributed by atoms with van der Waals surface area (Å²) in [6.45, 7) is 4.04. The fourth-order valence-electron chi connectivity index (χ4n) is 4.20. The zero-order chi connectivity index (χ0) is 26.1. The summed E-state index contributed by atoms with van der Waals surface area (Å²) in [5.74, 6) is 0.668. The van der Waals surface area contributed by atoms with Crippen LogP contribution in [0, 0.1) is 0 Å². The van der Waals surface area contributed by atoms with Gasteiger partial charge in [-0.2, -0.15) is 0 Å². The Kier molecular flexibility index (Phi) is 7.53. The molecule has 190 valence electrons. The molecule has 6 nitrogen and oxygen atoms in total. The Labute approximate surface area is 230 Å². The fraction of sp³-hybridized carbons (Fsp3) is 0.222. The Morgan fingerprint density at radius 3 is 2.73 bits per heavy atom. The van der Waals surface area contributed by atoms with Crippen LogP contribution in [0.15, 0.2) is 73.3 Å². The van der Waals surface area contributed by atoms with Gasteiger partial charge < -0.3 is 9.15 Å². The van der Waals surface area contributed by atoms with Crippen molar-refractivity contribution in [3.63, 3.8) is 0 Å². The van der Waals surface area contributed by atoms with Gasteiger partial charge in [-0.15, -0.1) is 11.3 Å². The SMILES string of the molecule is CCCC1=C(C(=O)OCC)C(c2cccs2)n2c(s/c(=C\c3ccc(-c4ccc(Cl)c(Cl)c4)o3)c2=O)=N1. The number of rotatable bonds is 7. The summed E-state index contributed by atoms with van der Waals surface area (Å²) in [5, 5.41) is 2.82. The van der Waals surface area contributed by atoms with E-state index in [0.717, 1.165) is 16.9 Å². The molecule has 1 unspecified atom stereocenters. The molecule has 1 aliphatic rings. The second-order valence-electron chi connectivity index (χ2n) is 8.26. The highest BCUT2D eigenvalue weighted by Crippen LogP contribution is 2.35. The predicted molar refractivity (Wildman–Crippen MR) is 148 cm³/mol. The number of halogens is 2. The lowest BCUT2D eigenvalue weighted by atomic mass is 9.99. The third-order valence-corrected chi connectivity index (χ3v) is 8.46. The van der Waals surface area contributed by atoms with Crippen LogP contribution in [-0.2, 0) is 9.53 Å². The van der Waals surface area contributed by atoms with E-state index >= 15 is 0 Å². The van der Waals surface area contributed by atoms with E-state index in [1.165, 1.54) is 22.7 Å². The normalized spacial score (nSPS) is 15.6. The van der Waals surface area contributed by atoms with E-state index in [1.807, 2.05) is 36.6 Å². The lowest BCUT2D eigenvalue weighted by Gasteiger charge is -2.24. The van der Waals surface area contributed by atoms with Crippen LogP contribution in [0.2, 0.25) is 10.0 Å². The Morgan fingerprint density at radius 2 is 2.03 bits per heavy atom. The number of aromatic nitrogens is 1. The van der Waals surface area contributed by atoms with Crippen LogP contribution in [0.4, 0.5) is 0 Å². The molecule has 0 bridgehead atoms. The van der Waals surface area contributed by atoms with Crippen LogP contribution in [0.25, 0.3) is 17.4 Å². The molecular weight excluding hydrogens is 551 g/mol. The van der Waals surface area contributed by atoms with E-state index in [-0.39, 0.29) is 12.2 Å². The van der Waals surface area contributed by atoms with Crippen molar-refractivity contribution >= 4 is 57.9 Å². The molecule has 1 aliphatic heterocycles. The summed E-state index contributed by atoms with van der Waals surface area (Å²) in [7, 11) is 0. The Balaban J connectivity index is 1.63. The molecule has 5 rings (SSSR count). The van der Waals surface area contributed by atoms with Gasteiger partial charge in [0.2, 0.25) is 0 Å². The smallest absolute Gasteiger partial charge is 0.338 e. The maximum atomic E-state index is 13.7. The average Bonchev–Trinajstić information content (AvgIpc) is 3.63. The second-order valence-corrected chi connectivity index (χ2v) is 11.1. The first-order chi connectivity index (χ1) is 17.9. The number of carbonyl (C=O) groups excluding carboxylic acids is 1. The number of ether oxygens (including phenoxy) is 1. The van der Waals surface area contributed by atoms with Crippen molar-refractivity contribution in [2.45, 2.75) is 32.7 Å². The van der Waals surface area contributed by atoms with Crippen molar-refractivity contribution < 1.29 is 13.9 Å². The van der Waals surface area contributed by atoms with Gasteiger partial charge in [0.1, 0.15) is 17.6 Å². The lowest BCUT2D eigenvalue weighted by Crippen LogP contribution is -2.39. The standard InChI is InChI=1S/C27H22Cl2N2O4S2/c1-3-6-19-23(26(33)34-4-2)24(21-7-5-12-36-21)31-25(32)22(37-27(31)30-19)14-16-9-11-20(35-16)15-8-10-17(28)18(29)13-15/h5,7-14,24H,3-4,6H2,1-2H3/b22-14-. The number of hydrogen-bond acceptors (Lipinski definition) is 7. The first-order valence-electron chi connectivity index (χ1n) is 11.7. The number of nitrogens with zero attached hydrogens (tertiary/aromatic N) is 2. The quantitative estimate of drug-likeness (QED) is 0.247. The molecule has 0 spiro atoms. The highest BCUT2D eigenvalue weighted by Gasteiger charge is 2.34. The van der Waals surface area contributed by atoms with E-state index in [4.69, 9.17) is 37.3 Å². The largest absolute Gasteiger partial charge is 0.463 e. The van der Waals surface area contributed by atoms with Gasteiger partial charge in [0.15, 0.2) is 4.80 Å². The predicted octanol–water partition coefficient (Wildman–Crippen LogP) is 6.21. The van der Waals surface area contributed by atoms with Crippen LogP contribution in [0.1, 0.15) is 43.4 Å². The minimum Gasteiger partial charge on any atom is -0.463 e. The molecule has 3 aromatic heterocycles. The summed E-state index contributed by atoms with van der Waals surface area (Å²) >= 11 is 14.9. The van der Waals surface area contributed by atoms with E-state index in [0.29, 0.717) is 48.6 Å². The van der Waals surface area contributed by atoms with Crippen molar-refractivity contribution in [2.75, 3.05) is 6.61 Å². The number of furan rings is 1. The molecule has 0 radical (unpaired) electrons. The zero-order valence-corrected chi connectivity index (χ0v) is 23.1. The van der Waals surface area contributed by atoms with Crippen LogP contribution < -0.4 is 14.9 Å². The van der Waals surface area contributed by atoms with E-state index in [9.17, 15) is 9.59 Å². The fourth-order valence-corrected chi connectivity index (χ4v) is 6.32. The minimum atomic E-state index is -0.595. The van der Waals surface area contributed by atoms with Crippen molar-refractivity contribution in [2.24, 2.45) is 4.99 Å². The van der Waals surface area contributed by atoms with Gasteiger partial charge in [0, 0.05) is 16.5 Å². The number of benzene rings is 1. The Morgan fingerprint density at radius 1 is 1.19 bits per heavy atom. The van der Waals surface area contributed by atoms with Gasteiger partial charge in [-0.25, -0.2) is 9.79 Å². The summed E-state index contributed by atoms with van der Waals surface area (Å²) in [4.78, 5) is 33.0. The number of thiazole rings is 1. The molecule has 37 heavy (non-hydrogen) atoms. The van der Waals surface area contributed by atoms with Gasteiger partial charge in [-0.3, -0.25) is 9.36 Å². The topological polar surface area (TPSA) is 73.8 Å². The van der Waals surface area contributed by atoms with Crippen LogP contribution in [0.3, 0.4) is 0 Å². The summed E-state index contributed by atoms with van der Waals surface area (Å²) in [6.07, 6.45) is 3.10. The first-order valence-corrected chi connectivity index (χ1v) is 14.2. The summed E-state index contributed by atoms with van der Waals surface area (Å²) in [5.41, 5.74) is 1.61. The number of esters is 1. The molecule has 1 atom stereocenters. The van der Waals surface area contributed by atoms with Crippen molar-refractivity contribution in [1.82, 2.24) is 4.57 Å². The Hall–Kier alpha value is -2.91. The number of fused-ring (bicyclic) bond motifs is 1.